The largest absolute Gasteiger partial charge is 0.496 e. The molecule has 0 unspecified atom stereocenters. The van der Waals surface area contributed by atoms with Gasteiger partial charge in [0.15, 0.2) is 5.78 Å². The van der Waals surface area contributed by atoms with E-state index in [0.717, 1.165) is 10.5 Å². The smallest absolute Gasteiger partial charge is 0.176 e. The van der Waals surface area contributed by atoms with Gasteiger partial charge < -0.3 is 4.74 Å². The summed E-state index contributed by atoms with van der Waals surface area (Å²) in [5.41, 5.74) is 1.60. The fourth-order valence-electron chi connectivity index (χ4n) is 1.81. The second-order valence-corrected chi connectivity index (χ2v) is 5.42. The SMILES string of the molecule is COc1cc(C)ccc1C(=O)CSc1cccc(F)c1. The van der Waals surface area contributed by atoms with Crippen molar-refractivity contribution in [3.63, 3.8) is 0 Å². The van der Waals surface area contributed by atoms with E-state index in [2.05, 4.69) is 0 Å². The van der Waals surface area contributed by atoms with E-state index < -0.39 is 0 Å². The van der Waals surface area contributed by atoms with Crippen molar-refractivity contribution in [2.75, 3.05) is 12.9 Å². The number of Topliss-reactive ketones (excluding diaryl/α,β-unsaturated/α-hetero) is 1. The van der Waals surface area contributed by atoms with Crippen LogP contribution in [0.2, 0.25) is 0 Å². The maximum Gasteiger partial charge on any atom is 0.176 e. The predicted octanol–water partition coefficient (Wildman–Crippen LogP) is 4.12. The van der Waals surface area contributed by atoms with Gasteiger partial charge in [-0.1, -0.05) is 12.1 Å². The number of carbonyl (C=O) groups excluding carboxylic acids is 1. The lowest BCUT2D eigenvalue weighted by Gasteiger charge is -2.08. The fourth-order valence-corrected chi connectivity index (χ4v) is 2.64. The summed E-state index contributed by atoms with van der Waals surface area (Å²) in [6, 6.07) is 11.7. The summed E-state index contributed by atoms with van der Waals surface area (Å²) in [5.74, 6) is 0.504. The van der Waals surface area contributed by atoms with Crippen molar-refractivity contribution in [1.29, 1.82) is 0 Å². The van der Waals surface area contributed by atoms with Crippen LogP contribution in [-0.4, -0.2) is 18.6 Å². The summed E-state index contributed by atoms with van der Waals surface area (Å²) in [6.07, 6.45) is 0. The summed E-state index contributed by atoms with van der Waals surface area (Å²) in [5, 5.41) is 0. The van der Waals surface area contributed by atoms with Crippen LogP contribution in [-0.2, 0) is 0 Å². The van der Waals surface area contributed by atoms with Gasteiger partial charge in [-0.2, -0.15) is 0 Å². The molecule has 2 nitrogen and oxygen atoms in total. The number of methoxy groups -OCH3 is 1. The molecule has 2 aromatic rings. The molecule has 0 N–H and O–H groups in total. The van der Waals surface area contributed by atoms with Crippen LogP contribution in [0.5, 0.6) is 5.75 Å². The second-order valence-electron chi connectivity index (χ2n) is 4.37. The zero-order valence-electron chi connectivity index (χ0n) is 11.4. The average molecular weight is 290 g/mol. The first kappa shape index (κ1) is 14.6. The number of benzene rings is 2. The summed E-state index contributed by atoms with van der Waals surface area (Å²) < 4.78 is 18.3. The molecule has 0 aliphatic carbocycles. The number of rotatable bonds is 5. The Morgan fingerprint density at radius 3 is 2.75 bits per heavy atom. The van der Waals surface area contributed by atoms with E-state index in [9.17, 15) is 9.18 Å². The average Bonchev–Trinajstić information content (AvgIpc) is 2.44. The molecule has 0 saturated heterocycles. The van der Waals surface area contributed by atoms with Crippen LogP contribution >= 0.6 is 11.8 Å². The van der Waals surface area contributed by atoms with Crippen LogP contribution in [0.4, 0.5) is 4.39 Å². The van der Waals surface area contributed by atoms with Crippen LogP contribution in [0.25, 0.3) is 0 Å². The minimum atomic E-state index is -0.296. The molecule has 0 saturated carbocycles. The summed E-state index contributed by atoms with van der Waals surface area (Å²) >= 11 is 1.32. The summed E-state index contributed by atoms with van der Waals surface area (Å²) in [6.45, 7) is 1.94. The van der Waals surface area contributed by atoms with E-state index in [1.807, 2.05) is 19.1 Å². The molecule has 0 bridgehead atoms. The van der Waals surface area contributed by atoms with Crippen LogP contribution < -0.4 is 4.74 Å². The molecule has 0 amide bonds. The van der Waals surface area contributed by atoms with Crippen LogP contribution in [0.3, 0.4) is 0 Å². The first-order valence-corrected chi connectivity index (χ1v) is 7.15. The van der Waals surface area contributed by atoms with Crippen molar-refractivity contribution in [2.24, 2.45) is 0 Å². The van der Waals surface area contributed by atoms with E-state index >= 15 is 0 Å². The maximum atomic E-state index is 13.1. The number of halogens is 1. The van der Waals surface area contributed by atoms with Crippen LogP contribution in [0.15, 0.2) is 47.4 Å². The minimum Gasteiger partial charge on any atom is -0.496 e. The van der Waals surface area contributed by atoms with Gasteiger partial charge in [-0.3, -0.25) is 4.79 Å². The van der Waals surface area contributed by atoms with E-state index in [0.29, 0.717) is 11.3 Å². The number of ketones is 1. The number of ether oxygens (including phenoxy) is 1. The van der Waals surface area contributed by atoms with E-state index in [1.54, 1.807) is 25.3 Å². The zero-order valence-corrected chi connectivity index (χ0v) is 12.2. The monoisotopic (exact) mass is 290 g/mol. The molecule has 0 aliphatic rings. The van der Waals surface area contributed by atoms with E-state index in [-0.39, 0.29) is 17.4 Å². The number of aryl methyl sites for hydroxylation is 1. The molecule has 2 aromatic carbocycles. The Kier molecular flexibility index (Phi) is 4.79. The Balaban J connectivity index is 2.09. The topological polar surface area (TPSA) is 26.3 Å². The molecule has 0 heterocycles. The molecule has 0 radical (unpaired) electrons. The Morgan fingerprint density at radius 1 is 1.25 bits per heavy atom. The van der Waals surface area contributed by atoms with Crippen molar-refractivity contribution >= 4 is 17.5 Å². The van der Waals surface area contributed by atoms with E-state index in [4.69, 9.17) is 4.74 Å². The number of carbonyl (C=O) groups is 1. The first-order chi connectivity index (χ1) is 9.60. The van der Waals surface area contributed by atoms with Gasteiger partial charge in [0.05, 0.1) is 18.4 Å². The second kappa shape index (κ2) is 6.57. The van der Waals surface area contributed by atoms with E-state index in [1.165, 1.54) is 23.9 Å². The maximum absolute atomic E-state index is 13.1. The Morgan fingerprint density at radius 2 is 2.05 bits per heavy atom. The van der Waals surface area contributed by atoms with Gasteiger partial charge in [0.25, 0.3) is 0 Å². The van der Waals surface area contributed by atoms with Gasteiger partial charge in [-0.05, 0) is 42.8 Å². The highest BCUT2D eigenvalue weighted by Crippen LogP contribution is 2.24. The standard InChI is InChI=1S/C16H15FO2S/c1-11-6-7-14(16(8-11)19-2)15(18)10-20-13-5-3-4-12(17)9-13/h3-9H,10H2,1-2H3. The predicted molar refractivity (Wildman–Crippen MR) is 79.2 cm³/mol. The zero-order chi connectivity index (χ0) is 14.5. The molecule has 20 heavy (non-hydrogen) atoms. The first-order valence-electron chi connectivity index (χ1n) is 6.16. The van der Waals surface area contributed by atoms with Crippen molar-refractivity contribution in [3.8, 4) is 5.75 Å². The molecule has 0 aliphatic heterocycles. The summed E-state index contributed by atoms with van der Waals surface area (Å²) in [4.78, 5) is 12.9. The Bertz CT molecular complexity index is 626. The number of hydrogen-bond donors (Lipinski definition) is 0. The minimum absolute atomic E-state index is 0.0314. The molecule has 0 spiro atoms. The van der Waals surface area contributed by atoms with Gasteiger partial charge in [0, 0.05) is 4.90 Å². The van der Waals surface area contributed by atoms with Gasteiger partial charge >= 0.3 is 0 Å². The Labute approximate surface area is 122 Å². The normalized spacial score (nSPS) is 10.3. The lowest BCUT2D eigenvalue weighted by molar-refractivity contribution is 0.101. The van der Waals surface area contributed by atoms with Gasteiger partial charge in [-0.15, -0.1) is 11.8 Å². The molecular weight excluding hydrogens is 275 g/mol. The fraction of sp³-hybridized carbons (Fsp3) is 0.188. The molecule has 0 fully saturated rings. The molecule has 2 rings (SSSR count). The molecular formula is C16H15FO2S. The quantitative estimate of drug-likeness (QED) is 0.612. The van der Waals surface area contributed by atoms with Gasteiger partial charge in [-0.25, -0.2) is 4.39 Å². The lowest BCUT2D eigenvalue weighted by atomic mass is 10.1. The molecule has 104 valence electrons. The molecule has 0 aromatic heterocycles. The molecule has 4 heteroatoms. The lowest BCUT2D eigenvalue weighted by Crippen LogP contribution is -2.05. The van der Waals surface area contributed by atoms with Crippen LogP contribution in [0, 0.1) is 12.7 Å². The highest BCUT2D eigenvalue weighted by atomic mass is 32.2. The van der Waals surface area contributed by atoms with Crippen LogP contribution in [0.1, 0.15) is 15.9 Å². The number of thioether (sulfide) groups is 1. The van der Waals surface area contributed by atoms with Gasteiger partial charge in [0.2, 0.25) is 0 Å². The highest BCUT2D eigenvalue weighted by molar-refractivity contribution is 8.00. The Hall–Kier alpha value is -1.81. The highest BCUT2D eigenvalue weighted by Gasteiger charge is 2.12. The third-order valence-corrected chi connectivity index (χ3v) is 3.82. The van der Waals surface area contributed by atoms with Crippen molar-refractivity contribution in [3.05, 3.63) is 59.4 Å². The van der Waals surface area contributed by atoms with Gasteiger partial charge in [0.1, 0.15) is 11.6 Å². The third kappa shape index (κ3) is 3.61. The van der Waals surface area contributed by atoms with Crippen molar-refractivity contribution in [2.45, 2.75) is 11.8 Å². The van der Waals surface area contributed by atoms with Crippen molar-refractivity contribution in [1.82, 2.24) is 0 Å². The number of hydrogen-bond acceptors (Lipinski definition) is 3. The third-order valence-electron chi connectivity index (χ3n) is 2.82. The summed E-state index contributed by atoms with van der Waals surface area (Å²) in [7, 11) is 1.55. The molecule has 0 atom stereocenters. The van der Waals surface area contributed by atoms with Crippen molar-refractivity contribution < 1.29 is 13.9 Å².